The predicted molar refractivity (Wildman–Crippen MR) is 78.3 cm³/mol. The molecule has 0 bridgehead atoms. The molecule has 0 saturated heterocycles. The van der Waals surface area contributed by atoms with Gasteiger partial charge in [0.05, 0.1) is 0 Å². The molecule has 19 heavy (non-hydrogen) atoms. The zero-order chi connectivity index (χ0) is 14.0. The molecule has 1 atom stereocenters. The highest BCUT2D eigenvalue weighted by Gasteiger charge is 2.50. The summed E-state index contributed by atoms with van der Waals surface area (Å²) in [5.74, 6) is 0.728. The first kappa shape index (κ1) is 14.7. The molecule has 5 nitrogen and oxygen atoms in total. The van der Waals surface area contributed by atoms with Gasteiger partial charge in [-0.1, -0.05) is 23.1 Å². The van der Waals surface area contributed by atoms with Gasteiger partial charge in [-0.2, -0.15) is 0 Å². The number of aryl methyl sites for hydroxylation is 1. The minimum Gasteiger partial charge on any atom is -0.368 e. The van der Waals surface area contributed by atoms with Crippen LogP contribution in [0.1, 0.15) is 31.7 Å². The van der Waals surface area contributed by atoms with E-state index in [0.717, 1.165) is 22.2 Å². The Bertz CT molecular complexity index is 458. The summed E-state index contributed by atoms with van der Waals surface area (Å²) in [6.45, 7) is 6.01. The van der Waals surface area contributed by atoms with Crippen LogP contribution < -0.4 is 11.1 Å². The average Bonchev–Trinajstić information content (AvgIpc) is 3.08. The van der Waals surface area contributed by atoms with E-state index in [9.17, 15) is 4.79 Å². The molecule has 106 valence electrons. The molecule has 0 aliphatic heterocycles. The molecule has 0 radical (unpaired) electrons. The van der Waals surface area contributed by atoms with E-state index in [1.165, 1.54) is 0 Å². The van der Waals surface area contributed by atoms with E-state index in [2.05, 4.69) is 15.5 Å². The lowest BCUT2D eigenvalue weighted by Gasteiger charge is -2.33. The van der Waals surface area contributed by atoms with Crippen molar-refractivity contribution in [2.24, 2.45) is 11.7 Å². The fourth-order valence-electron chi connectivity index (χ4n) is 2.22. The average molecular weight is 300 g/mol. The lowest BCUT2D eigenvalue weighted by atomic mass is 9.93. The summed E-state index contributed by atoms with van der Waals surface area (Å²) in [5.41, 5.74) is 5.07. The van der Waals surface area contributed by atoms with Gasteiger partial charge in [-0.3, -0.25) is 4.79 Å². The van der Waals surface area contributed by atoms with Gasteiger partial charge < -0.3 is 11.1 Å². The number of aromatic nitrogens is 2. The molecule has 1 amide bonds. The summed E-state index contributed by atoms with van der Waals surface area (Å²) < 4.78 is 0.898. The van der Waals surface area contributed by atoms with Gasteiger partial charge in [-0.05, 0) is 39.5 Å². The number of carbonyl (C=O) groups excluding carboxylic acids is 1. The van der Waals surface area contributed by atoms with Gasteiger partial charge in [0.25, 0.3) is 0 Å². The third kappa shape index (κ3) is 3.46. The maximum Gasteiger partial charge on any atom is 0.238 e. The van der Waals surface area contributed by atoms with Crippen molar-refractivity contribution in [2.45, 2.75) is 49.5 Å². The zero-order valence-electron chi connectivity index (χ0n) is 11.5. The zero-order valence-corrected chi connectivity index (χ0v) is 13.1. The molecule has 2 rings (SSSR count). The summed E-state index contributed by atoms with van der Waals surface area (Å²) >= 11 is 3.12. The third-order valence-electron chi connectivity index (χ3n) is 3.19. The minimum absolute atomic E-state index is 0.227. The number of amides is 1. The molecule has 3 N–H and O–H groups in total. The molecule has 1 aromatic rings. The first-order valence-corrected chi connectivity index (χ1v) is 8.25. The van der Waals surface area contributed by atoms with E-state index in [1.807, 2.05) is 20.8 Å². The van der Waals surface area contributed by atoms with Gasteiger partial charge in [0, 0.05) is 11.8 Å². The quantitative estimate of drug-likeness (QED) is 0.747. The maximum absolute atomic E-state index is 12.0. The molecule has 0 aromatic carbocycles. The monoisotopic (exact) mass is 300 g/mol. The van der Waals surface area contributed by atoms with Crippen LogP contribution in [-0.2, 0) is 4.79 Å². The Balaban J connectivity index is 2.10. The topological polar surface area (TPSA) is 80.9 Å². The number of thioether (sulfide) groups is 1. The number of nitrogens with two attached hydrogens (primary N) is 1. The van der Waals surface area contributed by atoms with Gasteiger partial charge in [0.1, 0.15) is 10.5 Å². The number of rotatable bonds is 7. The van der Waals surface area contributed by atoms with E-state index < -0.39 is 5.54 Å². The van der Waals surface area contributed by atoms with E-state index in [-0.39, 0.29) is 11.9 Å². The standard InChI is InChI=1S/C12H20N4OS2/c1-7(2)14-12(10(13)17,9-4-5-9)6-18-11-16-15-8(3)19-11/h7,9,14H,4-6H2,1-3H3,(H2,13,17). The Hall–Kier alpha value is -0.660. The highest BCUT2D eigenvalue weighted by atomic mass is 32.2. The number of hydrogen-bond acceptors (Lipinski definition) is 6. The van der Waals surface area contributed by atoms with E-state index in [0.29, 0.717) is 11.7 Å². The lowest BCUT2D eigenvalue weighted by Crippen LogP contribution is -2.61. The molecule has 1 saturated carbocycles. The molecule has 1 aliphatic carbocycles. The SMILES string of the molecule is Cc1nnc(SCC(NC(C)C)(C(N)=O)C2CC2)s1. The molecule has 1 aromatic heterocycles. The van der Waals surface area contributed by atoms with Gasteiger partial charge in [0.2, 0.25) is 5.91 Å². The number of primary amides is 1. The van der Waals surface area contributed by atoms with Crippen molar-refractivity contribution in [3.8, 4) is 0 Å². The van der Waals surface area contributed by atoms with Crippen molar-refractivity contribution in [1.82, 2.24) is 15.5 Å². The van der Waals surface area contributed by atoms with Crippen LogP contribution in [0.5, 0.6) is 0 Å². The summed E-state index contributed by atoms with van der Waals surface area (Å²) in [6, 6.07) is 0.227. The first-order valence-electron chi connectivity index (χ1n) is 6.44. The smallest absolute Gasteiger partial charge is 0.238 e. The van der Waals surface area contributed by atoms with Crippen LogP contribution in [0.4, 0.5) is 0 Å². The fraction of sp³-hybridized carbons (Fsp3) is 0.750. The normalized spacial score (nSPS) is 18.5. The molecule has 1 heterocycles. The molecule has 1 fully saturated rings. The molecule has 1 unspecified atom stereocenters. The number of nitrogens with one attached hydrogen (secondary N) is 1. The van der Waals surface area contributed by atoms with Gasteiger partial charge >= 0.3 is 0 Å². The fourth-order valence-corrected chi connectivity index (χ4v) is 4.33. The summed E-state index contributed by atoms with van der Waals surface area (Å²) in [4.78, 5) is 12.0. The Labute approximate surface area is 121 Å². The lowest BCUT2D eigenvalue weighted by molar-refractivity contribution is -0.124. The van der Waals surface area contributed by atoms with Crippen LogP contribution in [0, 0.1) is 12.8 Å². The largest absolute Gasteiger partial charge is 0.368 e. The van der Waals surface area contributed by atoms with Crippen molar-refractivity contribution in [3.63, 3.8) is 0 Å². The first-order chi connectivity index (χ1) is 8.94. The van der Waals surface area contributed by atoms with E-state index in [1.54, 1.807) is 23.1 Å². The minimum atomic E-state index is -0.613. The molecular formula is C12H20N4OS2. The van der Waals surface area contributed by atoms with Crippen LogP contribution in [0.25, 0.3) is 0 Å². The highest BCUT2D eigenvalue weighted by molar-refractivity contribution is 8.01. The predicted octanol–water partition coefficient (Wildman–Crippen LogP) is 1.57. The number of hydrogen-bond donors (Lipinski definition) is 2. The van der Waals surface area contributed by atoms with E-state index in [4.69, 9.17) is 5.73 Å². The third-order valence-corrected chi connectivity index (χ3v) is 5.36. The van der Waals surface area contributed by atoms with Crippen LogP contribution in [-0.4, -0.2) is 33.4 Å². The second kappa shape index (κ2) is 5.76. The maximum atomic E-state index is 12.0. The Morgan fingerprint density at radius 1 is 1.58 bits per heavy atom. The van der Waals surface area contributed by atoms with Crippen molar-refractivity contribution >= 4 is 29.0 Å². The molecule has 7 heteroatoms. The van der Waals surface area contributed by atoms with Gasteiger partial charge in [0.15, 0.2) is 4.34 Å². The molecular weight excluding hydrogens is 280 g/mol. The van der Waals surface area contributed by atoms with Crippen LogP contribution >= 0.6 is 23.1 Å². The Morgan fingerprint density at radius 3 is 2.68 bits per heavy atom. The number of nitrogens with zero attached hydrogens (tertiary/aromatic N) is 2. The number of carbonyl (C=O) groups is 1. The summed E-state index contributed by atoms with van der Waals surface area (Å²) in [6.07, 6.45) is 2.14. The van der Waals surface area contributed by atoms with Crippen molar-refractivity contribution in [3.05, 3.63) is 5.01 Å². The van der Waals surface area contributed by atoms with Crippen LogP contribution in [0.3, 0.4) is 0 Å². The summed E-state index contributed by atoms with van der Waals surface area (Å²) in [5, 5.41) is 12.4. The van der Waals surface area contributed by atoms with Crippen molar-refractivity contribution < 1.29 is 4.79 Å². The van der Waals surface area contributed by atoms with Crippen LogP contribution in [0.15, 0.2) is 4.34 Å². The second-order valence-electron chi connectivity index (χ2n) is 5.28. The summed E-state index contributed by atoms with van der Waals surface area (Å²) in [7, 11) is 0. The highest BCUT2D eigenvalue weighted by Crippen LogP contribution is 2.42. The van der Waals surface area contributed by atoms with Crippen molar-refractivity contribution in [2.75, 3.05) is 5.75 Å². The molecule has 1 aliphatic rings. The van der Waals surface area contributed by atoms with Gasteiger partial charge in [-0.15, -0.1) is 10.2 Å². The Morgan fingerprint density at radius 2 is 2.26 bits per heavy atom. The Kier molecular flexibility index (Phi) is 4.47. The van der Waals surface area contributed by atoms with Crippen LogP contribution in [0.2, 0.25) is 0 Å². The second-order valence-corrected chi connectivity index (χ2v) is 7.69. The molecule has 0 spiro atoms. The van der Waals surface area contributed by atoms with E-state index >= 15 is 0 Å². The van der Waals surface area contributed by atoms with Gasteiger partial charge in [-0.25, -0.2) is 0 Å². The van der Waals surface area contributed by atoms with Crippen molar-refractivity contribution in [1.29, 1.82) is 0 Å².